The molecule has 1 saturated heterocycles. The fourth-order valence-corrected chi connectivity index (χ4v) is 1.40. The molecule has 3 heteroatoms. The van der Waals surface area contributed by atoms with Crippen molar-refractivity contribution in [3.05, 3.63) is 41.7 Å². The molecule has 0 N–H and O–H groups in total. The molecule has 0 saturated carbocycles. The van der Waals surface area contributed by atoms with E-state index in [0.717, 1.165) is 5.56 Å². The topological polar surface area (TPSA) is 35.5 Å². The van der Waals surface area contributed by atoms with Crippen molar-refractivity contribution in [1.82, 2.24) is 0 Å². The SMILES string of the molecule is CC1(C)OC(=O)O/C1=C/c1ccccc1. The molecular formula is C12H12O3. The number of rotatable bonds is 1. The number of ether oxygens (including phenoxy) is 2. The summed E-state index contributed by atoms with van der Waals surface area (Å²) in [6.07, 6.45) is 1.17. The van der Waals surface area contributed by atoms with Crippen LogP contribution in [0.2, 0.25) is 0 Å². The molecule has 0 amide bonds. The summed E-state index contributed by atoms with van der Waals surface area (Å²) < 4.78 is 9.98. The van der Waals surface area contributed by atoms with Crippen molar-refractivity contribution in [2.24, 2.45) is 0 Å². The van der Waals surface area contributed by atoms with Crippen LogP contribution in [0.5, 0.6) is 0 Å². The van der Waals surface area contributed by atoms with Crippen LogP contribution in [0.25, 0.3) is 6.08 Å². The van der Waals surface area contributed by atoms with E-state index in [1.54, 1.807) is 13.8 Å². The van der Waals surface area contributed by atoms with Crippen molar-refractivity contribution < 1.29 is 14.3 Å². The van der Waals surface area contributed by atoms with Gasteiger partial charge in [0.25, 0.3) is 0 Å². The van der Waals surface area contributed by atoms with E-state index in [1.165, 1.54) is 0 Å². The Kier molecular flexibility index (Phi) is 2.23. The van der Waals surface area contributed by atoms with Gasteiger partial charge in [-0.25, -0.2) is 4.79 Å². The lowest BCUT2D eigenvalue weighted by atomic mass is 10.1. The molecule has 78 valence electrons. The molecule has 0 aliphatic carbocycles. The van der Waals surface area contributed by atoms with Crippen LogP contribution in [-0.4, -0.2) is 11.8 Å². The number of hydrogen-bond donors (Lipinski definition) is 0. The smallest absolute Gasteiger partial charge is 0.420 e. The highest BCUT2D eigenvalue weighted by atomic mass is 16.8. The molecule has 0 spiro atoms. The maximum atomic E-state index is 11.0. The Morgan fingerprint density at radius 3 is 2.40 bits per heavy atom. The van der Waals surface area contributed by atoms with Crippen LogP contribution in [0.4, 0.5) is 4.79 Å². The third-order valence-electron chi connectivity index (χ3n) is 2.22. The molecule has 0 unspecified atom stereocenters. The summed E-state index contributed by atoms with van der Waals surface area (Å²) in [5, 5.41) is 0. The number of carbonyl (C=O) groups excluding carboxylic acids is 1. The number of carbonyl (C=O) groups is 1. The van der Waals surface area contributed by atoms with Crippen LogP contribution >= 0.6 is 0 Å². The van der Waals surface area contributed by atoms with Gasteiger partial charge >= 0.3 is 6.16 Å². The Hall–Kier alpha value is -1.77. The van der Waals surface area contributed by atoms with Crippen molar-refractivity contribution >= 4 is 12.2 Å². The third-order valence-corrected chi connectivity index (χ3v) is 2.22. The van der Waals surface area contributed by atoms with Gasteiger partial charge in [-0.05, 0) is 25.5 Å². The standard InChI is InChI=1S/C12H12O3/c1-12(2)10(14-11(13)15-12)8-9-6-4-3-5-7-9/h3-8H,1-2H3/b10-8+. The van der Waals surface area contributed by atoms with E-state index in [9.17, 15) is 4.79 Å². The van der Waals surface area contributed by atoms with E-state index in [0.29, 0.717) is 5.76 Å². The van der Waals surface area contributed by atoms with Crippen LogP contribution in [-0.2, 0) is 9.47 Å². The Morgan fingerprint density at radius 1 is 1.20 bits per heavy atom. The predicted molar refractivity (Wildman–Crippen MR) is 56.1 cm³/mol. The quantitative estimate of drug-likeness (QED) is 0.660. The molecule has 1 aromatic carbocycles. The van der Waals surface area contributed by atoms with Gasteiger partial charge in [0.1, 0.15) is 0 Å². The first kappa shape index (κ1) is 9.77. The van der Waals surface area contributed by atoms with Crippen LogP contribution in [0, 0.1) is 0 Å². The van der Waals surface area contributed by atoms with Crippen LogP contribution in [0.3, 0.4) is 0 Å². The van der Waals surface area contributed by atoms with E-state index in [-0.39, 0.29) is 0 Å². The van der Waals surface area contributed by atoms with Crippen molar-refractivity contribution in [3.63, 3.8) is 0 Å². The van der Waals surface area contributed by atoms with E-state index in [4.69, 9.17) is 9.47 Å². The average Bonchev–Trinajstić information content (AvgIpc) is 2.41. The van der Waals surface area contributed by atoms with Crippen LogP contribution in [0.15, 0.2) is 36.1 Å². The van der Waals surface area contributed by atoms with Crippen molar-refractivity contribution in [2.45, 2.75) is 19.4 Å². The zero-order chi connectivity index (χ0) is 10.9. The fraction of sp³-hybridized carbons (Fsp3) is 0.250. The molecule has 2 rings (SSSR count). The number of cyclic esters (lactones) is 2. The van der Waals surface area contributed by atoms with Gasteiger partial charge in [-0.2, -0.15) is 0 Å². The predicted octanol–water partition coefficient (Wildman–Crippen LogP) is 2.97. The number of hydrogen-bond acceptors (Lipinski definition) is 3. The fourth-order valence-electron chi connectivity index (χ4n) is 1.40. The second-order valence-electron chi connectivity index (χ2n) is 3.88. The molecule has 1 aromatic rings. The Labute approximate surface area is 88.3 Å². The molecule has 0 radical (unpaired) electrons. The highest BCUT2D eigenvalue weighted by molar-refractivity contribution is 5.69. The first-order valence-electron chi connectivity index (χ1n) is 4.76. The lowest BCUT2D eigenvalue weighted by molar-refractivity contribution is 0.0873. The number of benzene rings is 1. The van der Waals surface area contributed by atoms with Gasteiger partial charge < -0.3 is 9.47 Å². The monoisotopic (exact) mass is 204 g/mol. The van der Waals surface area contributed by atoms with Gasteiger partial charge in [-0.3, -0.25) is 0 Å². The molecule has 15 heavy (non-hydrogen) atoms. The zero-order valence-electron chi connectivity index (χ0n) is 8.69. The molecule has 3 nitrogen and oxygen atoms in total. The first-order chi connectivity index (χ1) is 7.08. The van der Waals surface area contributed by atoms with Crippen LogP contribution < -0.4 is 0 Å². The summed E-state index contributed by atoms with van der Waals surface area (Å²) in [5.41, 5.74) is 0.311. The average molecular weight is 204 g/mol. The van der Waals surface area contributed by atoms with Gasteiger partial charge in [0.05, 0.1) is 0 Å². The minimum atomic E-state index is -0.674. The zero-order valence-corrected chi connectivity index (χ0v) is 8.69. The first-order valence-corrected chi connectivity index (χ1v) is 4.76. The van der Waals surface area contributed by atoms with Crippen LogP contribution in [0.1, 0.15) is 19.4 Å². The minimum Gasteiger partial charge on any atom is -0.420 e. The molecular weight excluding hydrogens is 192 g/mol. The molecule has 0 atom stereocenters. The maximum Gasteiger partial charge on any atom is 0.514 e. The minimum absolute atomic E-state index is 0.540. The Bertz CT molecular complexity index is 404. The van der Waals surface area contributed by atoms with Gasteiger partial charge in [0, 0.05) is 0 Å². The highest BCUT2D eigenvalue weighted by Gasteiger charge is 2.38. The summed E-state index contributed by atoms with van der Waals surface area (Å²) >= 11 is 0. The lowest BCUT2D eigenvalue weighted by Crippen LogP contribution is -2.20. The molecule has 1 aliphatic heterocycles. The maximum absolute atomic E-state index is 11.0. The van der Waals surface area contributed by atoms with Crippen molar-refractivity contribution in [1.29, 1.82) is 0 Å². The van der Waals surface area contributed by atoms with E-state index < -0.39 is 11.8 Å². The lowest BCUT2D eigenvalue weighted by Gasteiger charge is -2.13. The van der Waals surface area contributed by atoms with Gasteiger partial charge in [-0.15, -0.1) is 0 Å². The summed E-state index contributed by atoms with van der Waals surface area (Å²) in [4.78, 5) is 11.0. The third kappa shape index (κ3) is 2.01. The molecule has 1 fully saturated rings. The summed E-state index contributed by atoms with van der Waals surface area (Å²) in [6, 6.07) is 9.67. The largest absolute Gasteiger partial charge is 0.514 e. The Morgan fingerprint density at radius 2 is 1.87 bits per heavy atom. The van der Waals surface area contributed by atoms with Gasteiger partial charge in [0.2, 0.25) is 0 Å². The van der Waals surface area contributed by atoms with E-state index in [2.05, 4.69) is 0 Å². The summed E-state index contributed by atoms with van der Waals surface area (Å²) in [5.74, 6) is 0.540. The Balaban J connectivity index is 2.32. The van der Waals surface area contributed by atoms with Gasteiger partial charge in [0.15, 0.2) is 11.4 Å². The van der Waals surface area contributed by atoms with Crippen molar-refractivity contribution in [2.75, 3.05) is 0 Å². The molecule has 1 heterocycles. The van der Waals surface area contributed by atoms with E-state index >= 15 is 0 Å². The highest BCUT2D eigenvalue weighted by Crippen LogP contribution is 2.31. The second kappa shape index (κ2) is 3.42. The normalized spacial score (nSPS) is 21.2. The summed E-state index contributed by atoms with van der Waals surface area (Å²) in [6.45, 7) is 3.60. The second-order valence-corrected chi connectivity index (χ2v) is 3.88. The molecule has 1 aliphatic rings. The summed E-state index contributed by atoms with van der Waals surface area (Å²) in [7, 11) is 0. The molecule has 0 bridgehead atoms. The van der Waals surface area contributed by atoms with Crippen molar-refractivity contribution in [3.8, 4) is 0 Å². The van der Waals surface area contributed by atoms with E-state index in [1.807, 2.05) is 36.4 Å². The van der Waals surface area contributed by atoms with Gasteiger partial charge in [-0.1, -0.05) is 30.3 Å². The molecule has 0 aromatic heterocycles.